The topological polar surface area (TPSA) is 80.0 Å². The zero-order chi connectivity index (χ0) is 12.3. The van der Waals surface area contributed by atoms with Crippen molar-refractivity contribution in [3.63, 3.8) is 0 Å². The maximum atomic E-state index is 11.1. The molecule has 1 aromatic carbocycles. The SMILES string of the molecule is O=C(NO)c1ccc(Cn2cnc(Br)n2)cc1. The van der Waals surface area contributed by atoms with E-state index in [9.17, 15) is 4.79 Å². The summed E-state index contributed by atoms with van der Waals surface area (Å²) in [5, 5.41) is 12.6. The van der Waals surface area contributed by atoms with Crippen LogP contribution in [0.4, 0.5) is 0 Å². The van der Waals surface area contributed by atoms with Crippen LogP contribution in [-0.2, 0) is 6.54 Å². The second kappa shape index (κ2) is 5.07. The summed E-state index contributed by atoms with van der Waals surface area (Å²) in [6.45, 7) is 0.569. The monoisotopic (exact) mass is 296 g/mol. The third-order valence-electron chi connectivity index (χ3n) is 2.17. The summed E-state index contributed by atoms with van der Waals surface area (Å²) in [5.41, 5.74) is 2.96. The fraction of sp³-hybridized carbons (Fsp3) is 0.100. The molecule has 88 valence electrons. The van der Waals surface area contributed by atoms with Crippen LogP contribution in [0.15, 0.2) is 35.3 Å². The number of carbonyl (C=O) groups excluding carboxylic acids is 1. The van der Waals surface area contributed by atoms with Gasteiger partial charge in [-0.3, -0.25) is 10.0 Å². The molecule has 1 aromatic heterocycles. The molecule has 1 amide bonds. The minimum Gasteiger partial charge on any atom is -0.288 e. The number of carbonyl (C=O) groups is 1. The number of hydrogen-bond acceptors (Lipinski definition) is 4. The normalized spacial score (nSPS) is 10.2. The molecule has 0 aliphatic rings. The molecule has 0 atom stereocenters. The first-order valence-corrected chi connectivity index (χ1v) is 5.56. The van der Waals surface area contributed by atoms with Gasteiger partial charge in [0.25, 0.3) is 5.91 Å². The average molecular weight is 297 g/mol. The van der Waals surface area contributed by atoms with Crippen molar-refractivity contribution in [3.8, 4) is 0 Å². The highest BCUT2D eigenvalue weighted by atomic mass is 79.9. The van der Waals surface area contributed by atoms with Crippen LogP contribution in [0.5, 0.6) is 0 Å². The molecule has 1 heterocycles. The van der Waals surface area contributed by atoms with Crippen molar-refractivity contribution in [1.82, 2.24) is 20.2 Å². The van der Waals surface area contributed by atoms with Gasteiger partial charge in [0.05, 0.1) is 6.54 Å². The van der Waals surface area contributed by atoms with Gasteiger partial charge >= 0.3 is 0 Å². The number of hydrogen-bond donors (Lipinski definition) is 2. The molecule has 0 spiro atoms. The van der Waals surface area contributed by atoms with Crippen LogP contribution in [0.3, 0.4) is 0 Å². The van der Waals surface area contributed by atoms with Gasteiger partial charge in [0, 0.05) is 5.56 Å². The molecule has 0 fully saturated rings. The molecule has 0 saturated carbocycles. The lowest BCUT2D eigenvalue weighted by Crippen LogP contribution is -2.18. The van der Waals surface area contributed by atoms with Crippen LogP contribution in [0, 0.1) is 0 Å². The van der Waals surface area contributed by atoms with E-state index in [-0.39, 0.29) is 0 Å². The molecule has 0 unspecified atom stereocenters. The Kier molecular flexibility index (Phi) is 3.50. The van der Waals surface area contributed by atoms with Gasteiger partial charge in [-0.25, -0.2) is 15.1 Å². The number of nitrogens with one attached hydrogen (secondary N) is 1. The van der Waals surface area contributed by atoms with E-state index in [4.69, 9.17) is 5.21 Å². The highest BCUT2D eigenvalue weighted by Crippen LogP contribution is 2.07. The predicted octanol–water partition coefficient (Wildman–Crippen LogP) is 1.21. The second-order valence-corrected chi connectivity index (χ2v) is 4.06. The van der Waals surface area contributed by atoms with Crippen molar-refractivity contribution in [3.05, 3.63) is 46.5 Å². The van der Waals surface area contributed by atoms with Crippen LogP contribution in [0.1, 0.15) is 15.9 Å². The number of halogens is 1. The molecule has 7 heteroatoms. The third kappa shape index (κ3) is 2.89. The van der Waals surface area contributed by atoms with Crippen molar-refractivity contribution in [2.45, 2.75) is 6.54 Å². The lowest BCUT2D eigenvalue weighted by atomic mass is 10.1. The molecule has 17 heavy (non-hydrogen) atoms. The molecular formula is C10H9BrN4O2. The number of benzene rings is 1. The fourth-order valence-electron chi connectivity index (χ4n) is 1.36. The van der Waals surface area contributed by atoms with E-state index in [0.717, 1.165) is 5.56 Å². The minimum atomic E-state index is -0.528. The Bertz CT molecular complexity index is 523. The Labute approximate surface area is 105 Å². The van der Waals surface area contributed by atoms with E-state index in [1.54, 1.807) is 40.8 Å². The maximum Gasteiger partial charge on any atom is 0.274 e. The summed E-state index contributed by atoms with van der Waals surface area (Å²) in [5.74, 6) is -0.528. The smallest absolute Gasteiger partial charge is 0.274 e. The van der Waals surface area contributed by atoms with Gasteiger partial charge in [0.1, 0.15) is 6.33 Å². The summed E-state index contributed by atoms with van der Waals surface area (Å²) < 4.78 is 2.21. The van der Waals surface area contributed by atoms with Crippen LogP contribution in [0.2, 0.25) is 0 Å². The first-order valence-electron chi connectivity index (χ1n) is 4.77. The van der Waals surface area contributed by atoms with Crippen molar-refractivity contribution >= 4 is 21.8 Å². The van der Waals surface area contributed by atoms with Gasteiger partial charge in [-0.05, 0) is 33.6 Å². The van der Waals surface area contributed by atoms with Crippen molar-refractivity contribution < 1.29 is 10.0 Å². The van der Waals surface area contributed by atoms with Crippen LogP contribution < -0.4 is 5.48 Å². The van der Waals surface area contributed by atoms with Crippen LogP contribution in [0.25, 0.3) is 0 Å². The van der Waals surface area contributed by atoms with E-state index < -0.39 is 5.91 Å². The maximum absolute atomic E-state index is 11.1. The molecule has 6 nitrogen and oxygen atoms in total. The van der Waals surface area contributed by atoms with Crippen LogP contribution >= 0.6 is 15.9 Å². The Balaban J connectivity index is 2.10. The molecule has 2 N–H and O–H groups in total. The number of hydroxylamine groups is 1. The van der Waals surface area contributed by atoms with Gasteiger partial charge in [0.2, 0.25) is 4.73 Å². The van der Waals surface area contributed by atoms with Gasteiger partial charge in [-0.2, -0.15) is 0 Å². The highest BCUT2D eigenvalue weighted by Gasteiger charge is 2.04. The summed E-state index contributed by atoms with van der Waals surface area (Å²) in [6.07, 6.45) is 1.61. The van der Waals surface area contributed by atoms with Crippen molar-refractivity contribution in [2.24, 2.45) is 0 Å². The highest BCUT2D eigenvalue weighted by molar-refractivity contribution is 9.10. The summed E-state index contributed by atoms with van der Waals surface area (Å²) >= 11 is 3.16. The molecule has 0 aliphatic carbocycles. The fourth-order valence-corrected chi connectivity index (χ4v) is 1.66. The zero-order valence-corrected chi connectivity index (χ0v) is 10.3. The van der Waals surface area contributed by atoms with E-state index in [1.165, 1.54) is 0 Å². The van der Waals surface area contributed by atoms with Crippen molar-refractivity contribution in [2.75, 3.05) is 0 Å². The van der Waals surface area contributed by atoms with E-state index in [1.807, 2.05) is 0 Å². The molecular weight excluding hydrogens is 288 g/mol. The quantitative estimate of drug-likeness (QED) is 0.659. The largest absolute Gasteiger partial charge is 0.288 e. The molecule has 0 aliphatic heterocycles. The molecule has 2 rings (SSSR count). The van der Waals surface area contributed by atoms with E-state index in [2.05, 4.69) is 26.0 Å². The number of rotatable bonds is 3. The Morgan fingerprint density at radius 2 is 2.12 bits per heavy atom. The molecule has 0 bridgehead atoms. The van der Waals surface area contributed by atoms with Gasteiger partial charge in [-0.1, -0.05) is 12.1 Å². The van der Waals surface area contributed by atoms with Crippen LogP contribution in [-0.4, -0.2) is 25.9 Å². The van der Waals surface area contributed by atoms with Gasteiger partial charge < -0.3 is 0 Å². The Morgan fingerprint density at radius 1 is 1.41 bits per heavy atom. The Morgan fingerprint density at radius 3 is 2.65 bits per heavy atom. The second-order valence-electron chi connectivity index (χ2n) is 3.35. The number of nitrogens with zero attached hydrogens (tertiary/aromatic N) is 3. The number of aromatic nitrogens is 3. The van der Waals surface area contributed by atoms with E-state index >= 15 is 0 Å². The summed E-state index contributed by atoms with van der Waals surface area (Å²) in [6, 6.07) is 6.85. The third-order valence-corrected chi connectivity index (χ3v) is 2.53. The average Bonchev–Trinajstić information content (AvgIpc) is 2.75. The van der Waals surface area contributed by atoms with Crippen molar-refractivity contribution in [1.29, 1.82) is 0 Å². The molecule has 0 radical (unpaired) electrons. The molecule has 2 aromatic rings. The first-order chi connectivity index (χ1) is 8.19. The Hall–Kier alpha value is -1.73. The molecule has 0 saturated heterocycles. The minimum absolute atomic E-state index is 0.399. The summed E-state index contributed by atoms with van der Waals surface area (Å²) in [7, 11) is 0. The van der Waals surface area contributed by atoms with E-state index in [0.29, 0.717) is 16.8 Å². The van der Waals surface area contributed by atoms with Gasteiger partial charge in [-0.15, -0.1) is 5.10 Å². The zero-order valence-electron chi connectivity index (χ0n) is 8.67. The standard InChI is InChI=1S/C10H9BrN4O2/c11-10-12-6-15(13-10)5-7-1-3-8(4-2-7)9(16)14-17/h1-4,6,17H,5H2,(H,14,16). The predicted molar refractivity (Wildman–Crippen MR) is 62.5 cm³/mol. The van der Waals surface area contributed by atoms with Gasteiger partial charge in [0.15, 0.2) is 0 Å². The lowest BCUT2D eigenvalue weighted by Gasteiger charge is -2.02. The summed E-state index contributed by atoms with van der Waals surface area (Å²) in [4.78, 5) is 15.0. The first kappa shape index (κ1) is 11.7. The lowest BCUT2D eigenvalue weighted by molar-refractivity contribution is 0.0706. The number of amides is 1.